The molecule has 0 bridgehead atoms. The second-order valence-corrected chi connectivity index (χ2v) is 4.52. The van der Waals surface area contributed by atoms with E-state index in [4.69, 9.17) is 16.3 Å². The van der Waals surface area contributed by atoms with Crippen LogP contribution in [0.15, 0.2) is 23.8 Å². The van der Waals surface area contributed by atoms with Crippen molar-refractivity contribution >= 4 is 22.9 Å². The van der Waals surface area contributed by atoms with E-state index >= 15 is 0 Å². The number of thiazole rings is 1. The Morgan fingerprint density at radius 3 is 2.53 bits per heavy atom. The van der Waals surface area contributed by atoms with Gasteiger partial charge < -0.3 is 4.74 Å². The number of hydrogen-bond acceptors (Lipinski definition) is 3. The number of hydrogen-bond donors (Lipinski definition) is 0. The standard InChI is InChI=1S/C11H8ClF2NOS/c12-3-7-1-9(13)11(10(14)2-7)16-5-8-4-15-6-17-8/h1-2,4,6H,3,5H2. The first-order chi connectivity index (χ1) is 8.20. The van der Waals surface area contributed by atoms with Gasteiger partial charge in [-0.3, -0.25) is 4.98 Å². The summed E-state index contributed by atoms with van der Waals surface area (Å²) >= 11 is 6.86. The smallest absolute Gasteiger partial charge is 0.191 e. The molecular weight excluding hydrogens is 268 g/mol. The van der Waals surface area contributed by atoms with Crippen LogP contribution in [0, 0.1) is 11.6 Å². The van der Waals surface area contributed by atoms with Gasteiger partial charge in [-0.25, -0.2) is 8.78 Å². The molecule has 0 aliphatic heterocycles. The van der Waals surface area contributed by atoms with Gasteiger partial charge in [-0.1, -0.05) is 0 Å². The van der Waals surface area contributed by atoms with E-state index in [2.05, 4.69) is 4.98 Å². The Kier molecular flexibility index (Phi) is 3.91. The van der Waals surface area contributed by atoms with Crippen molar-refractivity contribution in [2.24, 2.45) is 0 Å². The average molecular weight is 276 g/mol. The fraction of sp³-hybridized carbons (Fsp3) is 0.182. The molecule has 2 rings (SSSR count). The van der Waals surface area contributed by atoms with E-state index in [1.165, 1.54) is 11.3 Å². The van der Waals surface area contributed by atoms with Gasteiger partial charge in [0.25, 0.3) is 0 Å². The van der Waals surface area contributed by atoms with E-state index in [0.717, 1.165) is 17.0 Å². The lowest BCUT2D eigenvalue weighted by atomic mass is 10.2. The van der Waals surface area contributed by atoms with Crippen LogP contribution in [0.4, 0.5) is 8.78 Å². The van der Waals surface area contributed by atoms with E-state index in [1.807, 2.05) is 0 Å². The number of aromatic nitrogens is 1. The number of halogens is 3. The first-order valence-corrected chi connectivity index (χ1v) is 6.16. The van der Waals surface area contributed by atoms with Gasteiger partial charge in [-0.05, 0) is 17.7 Å². The molecule has 0 aliphatic rings. The summed E-state index contributed by atoms with van der Waals surface area (Å²) in [5, 5.41) is 0. The minimum atomic E-state index is -0.745. The van der Waals surface area contributed by atoms with Gasteiger partial charge in [0.1, 0.15) is 6.61 Å². The Morgan fingerprint density at radius 2 is 2.00 bits per heavy atom. The maximum Gasteiger partial charge on any atom is 0.191 e. The predicted octanol–water partition coefficient (Wildman–Crippen LogP) is 3.74. The number of alkyl halides is 1. The third-order valence-electron chi connectivity index (χ3n) is 2.05. The lowest BCUT2D eigenvalue weighted by molar-refractivity contribution is 0.276. The average Bonchev–Trinajstić information content (AvgIpc) is 2.80. The van der Waals surface area contributed by atoms with Gasteiger partial charge in [0.2, 0.25) is 0 Å². The Labute approximate surface area is 106 Å². The SMILES string of the molecule is Fc1cc(CCl)cc(F)c1OCc1cncs1. The zero-order valence-electron chi connectivity index (χ0n) is 8.62. The van der Waals surface area contributed by atoms with Crippen LogP contribution in [0.1, 0.15) is 10.4 Å². The number of rotatable bonds is 4. The second kappa shape index (κ2) is 5.42. The molecule has 0 radical (unpaired) electrons. The zero-order valence-corrected chi connectivity index (χ0v) is 10.2. The van der Waals surface area contributed by atoms with Crippen LogP contribution in [0.5, 0.6) is 5.75 Å². The molecule has 90 valence electrons. The third-order valence-corrected chi connectivity index (χ3v) is 3.12. The number of nitrogens with zero attached hydrogens (tertiary/aromatic N) is 1. The van der Waals surface area contributed by atoms with Crippen LogP contribution in [-0.2, 0) is 12.5 Å². The predicted molar refractivity (Wildman–Crippen MR) is 62.4 cm³/mol. The summed E-state index contributed by atoms with van der Waals surface area (Å²) in [5.41, 5.74) is 2.01. The fourth-order valence-electron chi connectivity index (χ4n) is 1.28. The lowest BCUT2D eigenvalue weighted by Gasteiger charge is -2.08. The highest BCUT2D eigenvalue weighted by atomic mass is 35.5. The monoisotopic (exact) mass is 275 g/mol. The Morgan fingerprint density at radius 1 is 1.29 bits per heavy atom. The molecule has 0 spiro atoms. The maximum atomic E-state index is 13.5. The van der Waals surface area contributed by atoms with Crippen LogP contribution in [0.2, 0.25) is 0 Å². The second-order valence-electron chi connectivity index (χ2n) is 3.28. The van der Waals surface area contributed by atoms with Gasteiger partial charge in [0.05, 0.1) is 10.4 Å². The molecule has 0 atom stereocenters. The van der Waals surface area contributed by atoms with E-state index in [1.54, 1.807) is 11.7 Å². The van der Waals surface area contributed by atoms with Gasteiger partial charge in [0, 0.05) is 12.1 Å². The summed E-state index contributed by atoms with van der Waals surface area (Å²) in [6.07, 6.45) is 1.59. The molecule has 0 fully saturated rings. The number of benzene rings is 1. The van der Waals surface area contributed by atoms with Crippen molar-refractivity contribution in [2.75, 3.05) is 0 Å². The van der Waals surface area contributed by atoms with Crippen LogP contribution in [0.3, 0.4) is 0 Å². The Hall–Kier alpha value is -1.20. The first kappa shape index (κ1) is 12.3. The molecule has 0 amide bonds. The van der Waals surface area contributed by atoms with E-state index in [-0.39, 0.29) is 18.2 Å². The summed E-state index contributed by atoms with van der Waals surface area (Å²) in [5.74, 6) is -1.81. The van der Waals surface area contributed by atoms with Gasteiger partial charge in [0.15, 0.2) is 17.4 Å². The van der Waals surface area contributed by atoms with Gasteiger partial charge >= 0.3 is 0 Å². The number of ether oxygens (including phenoxy) is 1. The summed E-state index contributed by atoms with van der Waals surface area (Å²) in [6, 6.07) is 2.33. The molecule has 1 aromatic carbocycles. The van der Waals surface area contributed by atoms with Crippen molar-refractivity contribution in [3.05, 3.63) is 45.9 Å². The quantitative estimate of drug-likeness (QED) is 0.793. The summed E-state index contributed by atoms with van der Waals surface area (Å²) in [7, 11) is 0. The Bertz CT molecular complexity index is 481. The van der Waals surface area contributed by atoms with Crippen molar-refractivity contribution in [3.63, 3.8) is 0 Å². The van der Waals surface area contributed by atoms with E-state index in [0.29, 0.717) is 5.56 Å². The maximum absolute atomic E-state index is 13.5. The molecule has 0 N–H and O–H groups in total. The van der Waals surface area contributed by atoms with E-state index in [9.17, 15) is 8.78 Å². The van der Waals surface area contributed by atoms with Crippen molar-refractivity contribution in [2.45, 2.75) is 12.5 Å². The van der Waals surface area contributed by atoms with Crippen molar-refractivity contribution in [1.82, 2.24) is 4.98 Å². The summed E-state index contributed by atoms with van der Waals surface area (Å²) < 4.78 is 32.1. The van der Waals surface area contributed by atoms with Crippen molar-refractivity contribution in [3.8, 4) is 5.75 Å². The highest BCUT2D eigenvalue weighted by Crippen LogP contribution is 2.25. The lowest BCUT2D eigenvalue weighted by Crippen LogP contribution is -1.99. The Balaban J connectivity index is 2.15. The molecule has 2 nitrogen and oxygen atoms in total. The largest absolute Gasteiger partial charge is 0.482 e. The van der Waals surface area contributed by atoms with Crippen molar-refractivity contribution < 1.29 is 13.5 Å². The molecule has 0 saturated heterocycles. The van der Waals surface area contributed by atoms with E-state index < -0.39 is 11.6 Å². The van der Waals surface area contributed by atoms with Crippen LogP contribution >= 0.6 is 22.9 Å². The zero-order chi connectivity index (χ0) is 12.3. The van der Waals surface area contributed by atoms with Crippen LogP contribution in [0.25, 0.3) is 0 Å². The highest BCUT2D eigenvalue weighted by molar-refractivity contribution is 7.09. The minimum Gasteiger partial charge on any atom is -0.482 e. The normalized spacial score (nSPS) is 10.5. The molecule has 1 heterocycles. The van der Waals surface area contributed by atoms with Crippen LogP contribution in [-0.4, -0.2) is 4.98 Å². The molecule has 17 heavy (non-hydrogen) atoms. The molecule has 0 aliphatic carbocycles. The first-order valence-electron chi connectivity index (χ1n) is 4.74. The van der Waals surface area contributed by atoms with Crippen LogP contribution < -0.4 is 4.74 Å². The fourth-order valence-corrected chi connectivity index (χ4v) is 1.94. The molecule has 1 aromatic heterocycles. The minimum absolute atomic E-state index is 0.0585. The topological polar surface area (TPSA) is 22.1 Å². The molecule has 0 saturated carbocycles. The molecular formula is C11H8ClF2NOS. The molecule has 6 heteroatoms. The highest BCUT2D eigenvalue weighted by Gasteiger charge is 2.12. The van der Waals surface area contributed by atoms with Gasteiger partial charge in [-0.2, -0.15) is 0 Å². The van der Waals surface area contributed by atoms with Gasteiger partial charge in [-0.15, -0.1) is 22.9 Å². The third kappa shape index (κ3) is 2.92. The summed E-state index contributed by atoms with van der Waals surface area (Å²) in [6.45, 7) is 0.0960. The van der Waals surface area contributed by atoms with Crippen molar-refractivity contribution in [1.29, 1.82) is 0 Å². The molecule has 2 aromatic rings. The summed E-state index contributed by atoms with van der Waals surface area (Å²) in [4.78, 5) is 4.64. The molecule has 0 unspecified atom stereocenters.